The van der Waals surface area contributed by atoms with E-state index < -0.39 is 10.7 Å². The number of hydrogen-bond donors (Lipinski definition) is 0. The molecule has 1 aliphatic rings. The minimum atomic E-state index is -0.412. The minimum Gasteiger partial charge on any atom is -0.350 e. The van der Waals surface area contributed by atoms with Crippen LogP contribution in [0.2, 0.25) is 0 Å². The number of allylic oxidation sites excluding steroid dienone is 1. The van der Waals surface area contributed by atoms with Crippen molar-refractivity contribution < 1.29 is 9.31 Å². The molecule has 0 radical (unpaired) electrons. The number of anilines is 1. The summed E-state index contributed by atoms with van der Waals surface area (Å²) in [5.41, 5.74) is 1.71. The summed E-state index contributed by atoms with van der Waals surface area (Å²) in [5, 5.41) is 11.1. The molecule has 0 saturated carbocycles. The van der Waals surface area contributed by atoms with Crippen LogP contribution in [0.3, 0.4) is 0 Å². The molecule has 1 fully saturated rings. The Bertz CT molecular complexity index is 876. The Kier molecular flexibility index (Phi) is 5.00. The monoisotopic (exact) mass is 338 g/mol. The number of halogens is 1. The molecule has 0 aromatic carbocycles. The molecule has 2 aromatic rings. The van der Waals surface area contributed by atoms with Crippen LogP contribution < -0.4 is 4.90 Å². The molecule has 25 heavy (non-hydrogen) atoms. The van der Waals surface area contributed by atoms with Gasteiger partial charge in [-0.05, 0) is 31.1 Å². The number of nitrogens with zero attached hydrogens (tertiary/aromatic N) is 4. The highest BCUT2D eigenvalue weighted by Gasteiger charge is 2.23. The van der Waals surface area contributed by atoms with Gasteiger partial charge >= 0.3 is 5.69 Å². The molecule has 2 aromatic heterocycles. The summed E-state index contributed by atoms with van der Waals surface area (Å²) >= 11 is 0. The van der Waals surface area contributed by atoms with E-state index in [-0.39, 0.29) is 5.69 Å². The molecule has 0 atom stereocenters. The Labute approximate surface area is 144 Å². The third-order valence-corrected chi connectivity index (χ3v) is 3.87. The number of pyridine rings is 2. The average Bonchev–Trinajstić information content (AvgIpc) is 2.62. The molecule has 126 valence electrons. The van der Waals surface area contributed by atoms with Gasteiger partial charge in [0, 0.05) is 37.1 Å². The van der Waals surface area contributed by atoms with E-state index in [1.54, 1.807) is 12.3 Å². The minimum absolute atomic E-state index is 0.0216. The Morgan fingerprint density at radius 3 is 2.84 bits per heavy atom. The van der Waals surface area contributed by atoms with Gasteiger partial charge in [-0.15, -0.1) is 0 Å². The van der Waals surface area contributed by atoms with Crippen molar-refractivity contribution in [3.05, 3.63) is 69.9 Å². The van der Waals surface area contributed by atoms with Gasteiger partial charge in [0.15, 0.2) is 0 Å². The fourth-order valence-corrected chi connectivity index (χ4v) is 2.63. The summed E-state index contributed by atoms with van der Waals surface area (Å²) in [4.78, 5) is 20.5. The summed E-state index contributed by atoms with van der Waals surface area (Å²) in [6.45, 7) is 1.29. The first-order chi connectivity index (χ1) is 12.1. The van der Waals surface area contributed by atoms with Gasteiger partial charge < -0.3 is 4.90 Å². The maximum Gasteiger partial charge on any atom is 0.311 e. The predicted molar refractivity (Wildman–Crippen MR) is 91.5 cm³/mol. The third kappa shape index (κ3) is 4.18. The number of nitro groups is 1. The van der Waals surface area contributed by atoms with Gasteiger partial charge in [0.05, 0.1) is 11.1 Å². The summed E-state index contributed by atoms with van der Waals surface area (Å²) in [6.07, 6.45) is 7.54. The molecule has 0 bridgehead atoms. The maximum absolute atomic E-state index is 13.0. The molecular formula is C18H15FN4O2. The van der Waals surface area contributed by atoms with Crippen LogP contribution in [-0.2, 0) is 0 Å². The molecule has 0 N–H and O–H groups in total. The molecule has 0 spiro atoms. The topological polar surface area (TPSA) is 72.2 Å². The largest absolute Gasteiger partial charge is 0.350 e. The lowest BCUT2D eigenvalue weighted by molar-refractivity contribution is -0.384. The van der Waals surface area contributed by atoms with Crippen LogP contribution in [0.5, 0.6) is 0 Å². The second kappa shape index (κ2) is 7.53. The number of rotatable bonds is 2. The van der Waals surface area contributed by atoms with Crippen molar-refractivity contribution in [1.29, 1.82) is 0 Å². The molecule has 6 nitrogen and oxygen atoms in total. The SMILES string of the molecule is O=[N+]([O-])c1cccnc1N1CCC(=CC#Cc2cncc(F)c2)CC1. The van der Waals surface area contributed by atoms with Crippen molar-refractivity contribution in [3.63, 3.8) is 0 Å². The normalized spacial score (nSPS) is 13.8. The highest BCUT2D eigenvalue weighted by atomic mass is 19.1. The van der Waals surface area contributed by atoms with E-state index in [1.807, 2.05) is 11.0 Å². The van der Waals surface area contributed by atoms with E-state index in [4.69, 9.17) is 0 Å². The maximum atomic E-state index is 13.0. The van der Waals surface area contributed by atoms with Crippen LogP contribution in [0.25, 0.3) is 0 Å². The van der Waals surface area contributed by atoms with Gasteiger partial charge in [-0.2, -0.15) is 0 Å². The average molecular weight is 338 g/mol. The standard InChI is InChI=1S/C18H15FN4O2/c19-16-11-15(12-20-13-16)4-1-3-14-6-9-22(10-7-14)18-17(23(24)25)5-2-8-21-18/h2-3,5,8,11-13H,6-7,9-10H2. The van der Waals surface area contributed by atoms with E-state index in [0.29, 0.717) is 24.5 Å². The highest BCUT2D eigenvalue weighted by molar-refractivity contribution is 5.57. The Morgan fingerprint density at radius 2 is 2.12 bits per heavy atom. The van der Waals surface area contributed by atoms with Crippen molar-refractivity contribution in [2.75, 3.05) is 18.0 Å². The molecule has 0 aliphatic carbocycles. The van der Waals surface area contributed by atoms with Crippen molar-refractivity contribution >= 4 is 11.5 Å². The summed E-state index contributed by atoms with van der Waals surface area (Å²) < 4.78 is 13.0. The van der Waals surface area contributed by atoms with E-state index >= 15 is 0 Å². The van der Waals surface area contributed by atoms with Crippen molar-refractivity contribution in [3.8, 4) is 11.8 Å². The first-order valence-electron chi connectivity index (χ1n) is 7.78. The highest BCUT2D eigenvalue weighted by Crippen LogP contribution is 2.28. The number of hydrogen-bond acceptors (Lipinski definition) is 5. The van der Waals surface area contributed by atoms with Gasteiger partial charge in [0.1, 0.15) is 5.82 Å². The second-order valence-corrected chi connectivity index (χ2v) is 5.55. The molecule has 3 heterocycles. The smallest absolute Gasteiger partial charge is 0.311 e. The fraction of sp³-hybridized carbons (Fsp3) is 0.222. The lowest BCUT2D eigenvalue weighted by atomic mass is 10.0. The predicted octanol–water partition coefficient (Wildman–Crippen LogP) is 3.10. The van der Waals surface area contributed by atoms with E-state index in [0.717, 1.165) is 24.6 Å². The fourth-order valence-electron chi connectivity index (χ4n) is 2.63. The first-order valence-corrected chi connectivity index (χ1v) is 7.78. The molecular weight excluding hydrogens is 323 g/mol. The van der Waals surface area contributed by atoms with Gasteiger partial charge in [0.25, 0.3) is 0 Å². The van der Waals surface area contributed by atoms with E-state index in [2.05, 4.69) is 21.8 Å². The zero-order chi connectivity index (χ0) is 17.6. The van der Waals surface area contributed by atoms with Crippen LogP contribution in [0, 0.1) is 27.8 Å². The summed E-state index contributed by atoms with van der Waals surface area (Å²) in [7, 11) is 0. The summed E-state index contributed by atoms with van der Waals surface area (Å²) in [5.74, 6) is 5.77. The zero-order valence-corrected chi connectivity index (χ0v) is 13.4. The van der Waals surface area contributed by atoms with Crippen LogP contribution in [-0.4, -0.2) is 28.0 Å². The van der Waals surface area contributed by atoms with E-state index in [1.165, 1.54) is 18.3 Å². The van der Waals surface area contributed by atoms with Crippen molar-refractivity contribution in [1.82, 2.24) is 9.97 Å². The van der Waals surface area contributed by atoms with Crippen LogP contribution >= 0.6 is 0 Å². The Balaban J connectivity index is 1.66. The number of aromatic nitrogens is 2. The lowest BCUT2D eigenvalue weighted by Gasteiger charge is -2.28. The van der Waals surface area contributed by atoms with Gasteiger partial charge in [-0.1, -0.05) is 17.4 Å². The molecule has 3 rings (SSSR count). The van der Waals surface area contributed by atoms with Crippen molar-refractivity contribution in [2.24, 2.45) is 0 Å². The molecule has 0 amide bonds. The van der Waals surface area contributed by atoms with Crippen LogP contribution in [0.1, 0.15) is 18.4 Å². The molecule has 7 heteroatoms. The quantitative estimate of drug-likeness (QED) is 0.478. The Hall–Kier alpha value is -3.27. The number of piperidine rings is 1. The van der Waals surface area contributed by atoms with Crippen LogP contribution in [0.4, 0.5) is 15.9 Å². The molecule has 0 unspecified atom stereocenters. The van der Waals surface area contributed by atoms with Gasteiger partial charge in [-0.25, -0.2) is 9.37 Å². The van der Waals surface area contributed by atoms with Crippen molar-refractivity contribution in [2.45, 2.75) is 12.8 Å². The van der Waals surface area contributed by atoms with Gasteiger partial charge in [-0.3, -0.25) is 15.1 Å². The molecule has 1 aliphatic heterocycles. The Morgan fingerprint density at radius 1 is 1.32 bits per heavy atom. The second-order valence-electron chi connectivity index (χ2n) is 5.55. The first kappa shape index (κ1) is 16.6. The van der Waals surface area contributed by atoms with Crippen LogP contribution in [0.15, 0.2) is 48.4 Å². The van der Waals surface area contributed by atoms with E-state index in [9.17, 15) is 14.5 Å². The van der Waals surface area contributed by atoms with Gasteiger partial charge in [0.2, 0.25) is 5.82 Å². The molecule has 1 saturated heterocycles. The summed E-state index contributed by atoms with van der Waals surface area (Å²) in [6, 6.07) is 4.36. The third-order valence-electron chi connectivity index (χ3n) is 3.87. The lowest BCUT2D eigenvalue weighted by Crippen LogP contribution is -2.31. The zero-order valence-electron chi connectivity index (χ0n) is 13.4.